The molecule has 0 bridgehead atoms. The van der Waals surface area contributed by atoms with Crippen LogP contribution in [0.25, 0.3) is 0 Å². The largest absolute Gasteiger partial charge is 0.414 e. The van der Waals surface area contributed by atoms with Crippen LogP contribution in [-0.4, -0.2) is 23.6 Å². The van der Waals surface area contributed by atoms with Crippen LogP contribution in [0.2, 0.25) is 0 Å². The van der Waals surface area contributed by atoms with Crippen LogP contribution in [-0.2, 0) is 0 Å². The van der Waals surface area contributed by atoms with Crippen molar-refractivity contribution in [1.29, 1.82) is 0 Å². The van der Waals surface area contributed by atoms with E-state index in [1.807, 2.05) is 0 Å². The van der Waals surface area contributed by atoms with Crippen LogP contribution < -0.4 is 0 Å². The Hall–Kier alpha value is -0.460. The van der Waals surface area contributed by atoms with E-state index in [0.29, 0.717) is 0 Å². The molecular formula is C6H8F6O. The van der Waals surface area contributed by atoms with Gasteiger partial charge in [-0.3, -0.25) is 0 Å². The lowest BCUT2D eigenvalue weighted by molar-refractivity contribution is -0.208. The van der Waals surface area contributed by atoms with Gasteiger partial charge >= 0.3 is 12.4 Å². The van der Waals surface area contributed by atoms with Gasteiger partial charge < -0.3 is 5.11 Å². The lowest BCUT2D eigenvalue weighted by atomic mass is 10.1. The minimum absolute atomic E-state index is 0.718. The highest BCUT2D eigenvalue weighted by Gasteiger charge is 2.38. The van der Waals surface area contributed by atoms with E-state index in [-0.39, 0.29) is 0 Å². The van der Waals surface area contributed by atoms with Crippen molar-refractivity contribution >= 4 is 0 Å². The van der Waals surface area contributed by atoms with Crippen molar-refractivity contribution in [3.8, 4) is 0 Å². The number of aliphatic hydroxyl groups excluding tert-OH is 1. The maximum atomic E-state index is 11.5. The van der Waals surface area contributed by atoms with E-state index in [9.17, 15) is 26.3 Å². The number of aliphatic hydroxyl groups is 1. The van der Waals surface area contributed by atoms with E-state index in [4.69, 9.17) is 5.11 Å². The fraction of sp³-hybridized carbons (Fsp3) is 1.00. The summed E-state index contributed by atoms with van der Waals surface area (Å²) >= 11 is 0. The Labute approximate surface area is 70.4 Å². The molecule has 0 spiro atoms. The molecular weight excluding hydrogens is 202 g/mol. The highest BCUT2D eigenvalue weighted by Crippen LogP contribution is 2.27. The van der Waals surface area contributed by atoms with Crippen molar-refractivity contribution in [3.05, 3.63) is 0 Å². The van der Waals surface area contributed by atoms with Gasteiger partial charge in [0.1, 0.15) is 6.10 Å². The highest BCUT2D eigenvalue weighted by atomic mass is 19.4. The van der Waals surface area contributed by atoms with Gasteiger partial charge in [0.2, 0.25) is 0 Å². The SMILES string of the molecule is OC(CCCC(F)(F)F)C(F)(F)F. The van der Waals surface area contributed by atoms with E-state index in [1.54, 1.807) is 0 Å². The summed E-state index contributed by atoms with van der Waals surface area (Å²) in [7, 11) is 0. The van der Waals surface area contributed by atoms with Gasteiger partial charge in [0.15, 0.2) is 0 Å². The van der Waals surface area contributed by atoms with Gasteiger partial charge in [-0.1, -0.05) is 0 Å². The number of hydrogen-bond acceptors (Lipinski definition) is 1. The van der Waals surface area contributed by atoms with E-state index in [1.165, 1.54) is 0 Å². The second kappa shape index (κ2) is 4.17. The van der Waals surface area contributed by atoms with Gasteiger partial charge in [0.05, 0.1) is 0 Å². The molecule has 1 nitrogen and oxygen atoms in total. The molecule has 7 heteroatoms. The topological polar surface area (TPSA) is 20.2 Å². The van der Waals surface area contributed by atoms with Gasteiger partial charge in [-0.15, -0.1) is 0 Å². The van der Waals surface area contributed by atoms with Crippen LogP contribution in [0.15, 0.2) is 0 Å². The molecule has 0 aliphatic rings. The zero-order valence-corrected chi connectivity index (χ0v) is 6.41. The van der Waals surface area contributed by atoms with Crippen LogP contribution in [0.1, 0.15) is 19.3 Å². The van der Waals surface area contributed by atoms with Gasteiger partial charge in [0.25, 0.3) is 0 Å². The second-order valence-corrected chi connectivity index (χ2v) is 2.56. The van der Waals surface area contributed by atoms with Crippen LogP contribution >= 0.6 is 0 Å². The minimum atomic E-state index is -4.83. The van der Waals surface area contributed by atoms with Crippen molar-refractivity contribution in [2.24, 2.45) is 0 Å². The van der Waals surface area contributed by atoms with Gasteiger partial charge in [-0.05, 0) is 12.8 Å². The summed E-state index contributed by atoms with van der Waals surface area (Å²) in [6, 6.07) is 0. The van der Waals surface area contributed by atoms with Crippen LogP contribution in [0.4, 0.5) is 26.3 Å². The third-order valence-corrected chi connectivity index (χ3v) is 1.32. The molecule has 0 saturated carbocycles. The molecule has 80 valence electrons. The standard InChI is InChI=1S/C6H8F6O/c7-5(8,9)3-1-2-4(13)6(10,11)12/h4,13H,1-3H2. The molecule has 1 N–H and O–H groups in total. The summed E-state index contributed by atoms with van der Waals surface area (Å²) < 4.78 is 68.9. The Morgan fingerprint density at radius 2 is 1.46 bits per heavy atom. The fourth-order valence-corrected chi connectivity index (χ4v) is 0.660. The van der Waals surface area contributed by atoms with E-state index in [2.05, 4.69) is 0 Å². The molecule has 0 aliphatic heterocycles. The number of halogens is 6. The Morgan fingerprint density at radius 3 is 1.77 bits per heavy atom. The Kier molecular flexibility index (Phi) is 4.02. The van der Waals surface area contributed by atoms with Crippen LogP contribution in [0.3, 0.4) is 0 Å². The molecule has 0 rings (SSSR count). The van der Waals surface area contributed by atoms with E-state index >= 15 is 0 Å². The highest BCUT2D eigenvalue weighted by molar-refractivity contribution is 4.65. The molecule has 0 aliphatic carbocycles. The lowest BCUT2D eigenvalue weighted by Crippen LogP contribution is -2.28. The Balaban J connectivity index is 3.67. The predicted octanol–water partition coefficient (Wildman–Crippen LogP) is 2.64. The van der Waals surface area contributed by atoms with E-state index in [0.717, 1.165) is 0 Å². The predicted molar refractivity (Wildman–Crippen MR) is 32.0 cm³/mol. The van der Waals surface area contributed by atoms with Crippen molar-refractivity contribution in [2.75, 3.05) is 0 Å². The second-order valence-electron chi connectivity index (χ2n) is 2.56. The smallest absolute Gasteiger partial charge is 0.384 e. The normalized spacial score (nSPS) is 15.9. The third-order valence-electron chi connectivity index (χ3n) is 1.32. The fourth-order valence-electron chi connectivity index (χ4n) is 0.660. The summed E-state index contributed by atoms with van der Waals surface area (Å²) in [4.78, 5) is 0. The summed E-state index contributed by atoms with van der Waals surface area (Å²) in [6.07, 6.45) is -14.9. The van der Waals surface area contributed by atoms with Crippen LogP contribution in [0, 0.1) is 0 Å². The molecule has 1 unspecified atom stereocenters. The molecule has 0 aromatic heterocycles. The van der Waals surface area contributed by atoms with Gasteiger partial charge in [-0.25, -0.2) is 0 Å². The number of rotatable bonds is 3. The van der Waals surface area contributed by atoms with E-state index < -0.39 is 37.7 Å². The molecule has 0 aromatic rings. The average Bonchev–Trinajstić information content (AvgIpc) is 1.82. The lowest BCUT2D eigenvalue weighted by Gasteiger charge is -2.14. The first kappa shape index (κ1) is 12.5. The van der Waals surface area contributed by atoms with Crippen molar-refractivity contribution in [2.45, 2.75) is 37.7 Å². The molecule has 0 radical (unpaired) electrons. The summed E-state index contributed by atoms with van der Waals surface area (Å²) in [5, 5.41) is 8.29. The molecule has 0 aromatic carbocycles. The maximum Gasteiger partial charge on any atom is 0.414 e. The summed E-state index contributed by atoms with van der Waals surface area (Å²) in [5.41, 5.74) is 0. The Bertz CT molecular complexity index is 148. The molecule has 13 heavy (non-hydrogen) atoms. The zero-order chi connectivity index (χ0) is 10.7. The first-order valence-corrected chi connectivity index (χ1v) is 3.44. The molecule has 0 fully saturated rings. The summed E-state index contributed by atoms with van der Waals surface area (Å²) in [5.74, 6) is 0. The van der Waals surface area contributed by atoms with Crippen molar-refractivity contribution < 1.29 is 31.4 Å². The average molecular weight is 210 g/mol. The minimum Gasteiger partial charge on any atom is -0.384 e. The Morgan fingerprint density at radius 1 is 1.00 bits per heavy atom. The quantitative estimate of drug-likeness (QED) is 0.710. The van der Waals surface area contributed by atoms with Crippen molar-refractivity contribution in [3.63, 3.8) is 0 Å². The van der Waals surface area contributed by atoms with Crippen LogP contribution in [0.5, 0.6) is 0 Å². The van der Waals surface area contributed by atoms with Gasteiger partial charge in [-0.2, -0.15) is 26.3 Å². The third kappa shape index (κ3) is 6.68. The number of alkyl halides is 6. The summed E-state index contributed by atoms with van der Waals surface area (Å²) in [6.45, 7) is 0. The molecule has 0 heterocycles. The monoisotopic (exact) mass is 210 g/mol. The number of hydrogen-bond donors (Lipinski definition) is 1. The molecule has 1 atom stereocenters. The maximum absolute atomic E-state index is 11.5. The molecule has 0 amide bonds. The first-order valence-electron chi connectivity index (χ1n) is 3.44. The zero-order valence-electron chi connectivity index (χ0n) is 6.41. The first-order chi connectivity index (χ1) is 5.63. The van der Waals surface area contributed by atoms with Crippen molar-refractivity contribution in [1.82, 2.24) is 0 Å². The molecule has 0 saturated heterocycles. The van der Waals surface area contributed by atoms with Gasteiger partial charge in [0, 0.05) is 6.42 Å².